The zero-order valence-corrected chi connectivity index (χ0v) is 16.9. The molecule has 0 spiro atoms. The van der Waals surface area contributed by atoms with Crippen molar-refractivity contribution in [1.29, 1.82) is 0 Å². The lowest BCUT2D eigenvalue weighted by molar-refractivity contribution is -0.121. The Bertz CT molecular complexity index is 1040. The van der Waals surface area contributed by atoms with E-state index >= 15 is 0 Å². The summed E-state index contributed by atoms with van der Waals surface area (Å²) in [5.74, 6) is -0.152. The number of aliphatic hydroxyl groups is 1. The van der Waals surface area contributed by atoms with Gasteiger partial charge in [-0.1, -0.05) is 23.7 Å². The highest BCUT2D eigenvalue weighted by Gasteiger charge is 2.21. The number of aryl methyl sites for hydroxylation is 1. The van der Waals surface area contributed by atoms with Gasteiger partial charge in [-0.3, -0.25) is 14.5 Å². The number of pyridine rings is 1. The number of carbonyl (C=O) groups is 1. The molecule has 0 radical (unpaired) electrons. The van der Waals surface area contributed by atoms with Gasteiger partial charge in [-0.05, 0) is 30.7 Å². The molecule has 8 heteroatoms. The molecule has 2 N–H and O–H groups in total. The van der Waals surface area contributed by atoms with Crippen LogP contribution in [0.5, 0.6) is 0 Å². The Morgan fingerprint density at radius 2 is 2.21 bits per heavy atom. The molecular formula is C21H23ClN4O3. The van der Waals surface area contributed by atoms with Crippen molar-refractivity contribution in [1.82, 2.24) is 20.1 Å². The van der Waals surface area contributed by atoms with Gasteiger partial charge in [-0.2, -0.15) is 5.10 Å². The second-order valence-electron chi connectivity index (χ2n) is 7.21. The summed E-state index contributed by atoms with van der Waals surface area (Å²) in [4.78, 5) is 17.4. The minimum absolute atomic E-state index is 0.132. The van der Waals surface area contributed by atoms with E-state index in [0.29, 0.717) is 23.7 Å². The van der Waals surface area contributed by atoms with Crippen LogP contribution in [-0.2, 0) is 28.9 Å². The third-order valence-corrected chi connectivity index (χ3v) is 5.23. The van der Waals surface area contributed by atoms with Crippen molar-refractivity contribution in [3.8, 4) is 0 Å². The van der Waals surface area contributed by atoms with Crippen LogP contribution in [0.4, 0.5) is 0 Å². The molecule has 29 heavy (non-hydrogen) atoms. The Balaban J connectivity index is 1.68. The van der Waals surface area contributed by atoms with Crippen molar-refractivity contribution in [2.75, 3.05) is 13.2 Å². The first-order valence-corrected chi connectivity index (χ1v) is 10.1. The van der Waals surface area contributed by atoms with Gasteiger partial charge in [0.15, 0.2) is 0 Å². The summed E-state index contributed by atoms with van der Waals surface area (Å²) in [5, 5.41) is 19.4. The van der Waals surface area contributed by atoms with Crippen molar-refractivity contribution < 1.29 is 14.6 Å². The minimum atomic E-state index is -0.712. The Morgan fingerprint density at radius 1 is 1.34 bits per heavy atom. The molecule has 0 saturated carbocycles. The summed E-state index contributed by atoms with van der Waals surface area (Å²) in [6.45, 7) is 3.09. The molecule has 152 valence electrons. The van der Waals surface area contributed by atoms with Crippen LogP contribution >= 0.6 is 11.6 Å². The molecule has 0 saturated heterocycles. The van der Waals surface area contributed by atoms with Crippen LogP contribution in [0.15, 0.2) is 36.5 Å². The van der Waals surface area contributed by atoms with E-state index in [4.69, 9.17) is 16.3 Å². The predicted molar refractivity (Wildman–Crippen MR) is 110 cm³/mol. The molecule has 0 unspecified atom stereocenters. The lowest BCUT2D eigenvalue weighted by Gasteiger charge is -2.22. The van der Waals surface area contributed by atoms with Gasteiger partial charge >= 0.3 is 0 Å². The number of fused-ring (bicyclic) bond motifs is 4. The lowest BCUT2D eigenvalue weighted by atomic mass is 10.1. The zero-order valence-electron chi connectivity index (χ0n) is 16.1. The van der Waals surface area contributed by atoms with Crippen LogP contribution < -0.4 is 5.32 Å². The van der Waals surface area contributed by atoms with E-state index in [-0.39, 0.29) is 31.6 Å². The van der Waals surface area contributed by atoms with Crippen molar-refractivity contribution in [2.45, 2.75) is 38.5 Å². The van der Waals surface area contributed by atoms with E-state index in [1.807, 2.05) is 29.8 Å². The molecule has 3 aromatic rings. The smallest absolute Gasteiger partial charge is 0.226 e. The van der Waals surface area contributed by atoms with Gasteiger partial charge in [-0.25, -0.2) is 0 Å². The standard InChI is InChI=1S/C21H23ClN4O3/c1-2-26-21-14(10-23-26)7-16-8-20(28)25-19(13-4-3-5-15(22)6-13)12-29-11-17(27)9-18(21)24-16/h3-7,10,17,19,27H,2,8-9,11-12H2,1H3,(H,25,28)/t17-,19+/m0/s1. The third kappa shape index (κ3) is 4.42. The second-order valence-corrected chi connectivity index (χ2v) is 7.64. The maximum absolute atomic E-state index is 12.7. The van der Waals surface area contributed by atoms with Crippen LogP contribution in [0.2, 0.25) is 5.02 Å². The average Bonchev–Trinajstić information content (AvgIpc) is 3.09. The largest absolute Gasteiger partial charge is 0.390 e. The lowest BCUT2D eigenvalue weighted by Crippen LogP contribution is -2.34. The highest BCUT2D eigenvalue weighted by molar-refractivity contribution is 6.30. The maximum atomic E-state index is 12.7. The van der Waals surface area contributed by atoms with E-state index in [2.05, 4.69) is 15.4 Å². The number of nitrogens with one attached hydrogen (secondary N) is 1. The molecule has 0 aliphatic carbocycles. The van der Waals surface area contributed by atoms with Crippen LogP contribution in [0.25, 0.3) is 10.9 Å². The minimum Gasteiger partial charge on any atom is -0.390 e. The average molecular weight is 415 g/mol. The number of hydrogen-bond acceptors (Lipinski definition) is 5. The molecule has 1 amide bonds. The number of ether oxygens (including phenoxy) is 1. The van der Waals surface area contributed by atoms with Crippen LogP contribution in [0, 0.1) is 0 Å². The monoisotopic (exact) mass is 414 g/mol. The van der Waals surface area contributed by atoms with Gasteiger partial charge in [-0.15, -0.1) is 0 Å². The number of amides is 1. The first-order chi connectivity index (χ1) is 14.0. The highest BCUT2D eigenvalue weighted by Crippen LogP contribution is 2.23. The van der Waals surface area contributed by atoms with E-state index in [1.54, 1.807) is 18.3 Å². The normalized spacial score (nSPS) is 20.7. The summed E-state index contributed by atoms with van der Waals surface area (Å²) < 4.78 is 7.60. The first kappa shape index (κ1) is 19.8. The van der Waals surface area contributed by atoms with Crippen molar-refractivity contribution in [2.24, 2.45) is 0 Å². The number of carbonyl (C=O) groups excluding carboxylic acids is 1. The highest BCUT2D eigenvalue weighted by atomic mass is 35.5. The molecule has 2 bridgehead atoms. The fraction of sp³-hybridized carbons (Fsp3) is 0.381. The summed E-state index contributed by atoms with van der Waals surface area (Å²) in [6.07, 6.45) is 1.53. The van der Waals surface area contributed by atoms with E-state index in [1.165, 1.54) is 0 Å². The van der Waals surface area contributed by atoms with Crippen molar-refractivity contribution in [3.05, 3.63) is 58.5 Å². The van der Waals surface area contributed by atoms with Gasteiger partial charge in [0.25, 0.3) is 0 Å². The maximum Gasteiger partial charge on any atom is 0.226 e. The quantitative estimate of drug-likeness (QED) is 0.672. The molecule has 4 rings (SSSR count). The molecule has 3 heterocycles. The molecule has 1 aliphatic heterocycles. The molecule has 1 aliphatic rings. The van der Waals surface area contributed by atoms with Crippen LogP contribution in [0.1, 0.15) is 29.9 Å². The van der Waals surface area contributed by atoms with Gasteiger partial charge in [0.1, 0.15) is 0 Å². The number of hydrogen-bond donors (Lipinski definition) is 2. The number of halogens is 1. The predicted octanol–water partition coefficient (Wildman–Crippen LogP) is 2.44. The van der Waals surface area contributed by atoms with E-state index in [0.717, 1.165) is 22.2 Å². The Kier molecular flexibility index (Phi) is 5.80. The van der Waals surface area contributed by atoms with E-state index in [9.17, 15) is 9.90 Å². The molecule has 1 aromatic carbocycles. The number of aliphatic hydroxyl groups excluding tert-OH is 1. The first-order valence-electron chi connectivity index (χ1n) is 9.68. The molecule has 0 fully saturated rings. The molecule has 7 nitrogen and oxygen atoms in total. The third-order valence-electron chi connectivity index (χ3n) is 4.99. The van der Waals surface area contributed by atoms with Crippen molar-refractivity contribution in [3.63, 3.8) is 0 Å². The fourth-order valence-electron chi connectivity index (χ4n) is 3.69. The van der Waals surface area contributed by atoms with Crippen LogP contribution in [-0.4, -0.2) is 45.1 Å². The van der Waals surface area contributed by atoms with Crippen molar-refractivity contribution >= 4 is 28.4 Å². The van der Waals surface area contributed by atoms with Crippen LogP contribution in [0.3, 0.4) is 0 Å². The summed E-state index contributed by atoms with van der Waals surface area (Å²) >= 11 is 6.11. The fourth-order valence-corrected chi connectivity index (χ4v) is 3.89. The Morgan fingerprint density at radius 3 is 3.00 bits per heavy atom. The molecule has 2 aromatic heterocycles. The summed E-state index contributed by atoms with van der Waals surface area (Å²) in [6, 6.07) is 8.84. The summed E-state index contributed by atoms with van der Waals surface area (Å²) in [5.41, 5.74) is 3.13. The molecule has 2 atom stereocenters. The molecular weight excluding hydrogens is 392 g/mol. The van der Waals surface area contributed by atoms with Gasteiger partial charge < -0.3 is 15.2 Å². The SMILES string of the molecule is CCn1ncc2cc3nc(c21)C[C@H](O)COC[C@H](c1cccc(Cl)c1)NC(=O)C3. The number of rotatable bonds is 2. The van der Waals surface area contributed by atoms with Gasteiger partial charge in [0, 0.05) is 23.4 Å². The Hall–Kier alpha value is -2.48. The van der Waals surface area contributed by atoms with E-state index < -0.39 is 6.10 Å². The number of aromatic nitrogens is 3. The van der Waals surface area contributed by atoms with Gasteiger partial charge in [0.2, 0.25) is 5.91 Å². The topological polar surface area (TPSA) is 89.3 Å². The van der Waals surface area contributed by atoms with Gasteiger partial charge in [0.05, 0.1) is 54.9 Å². The number of benzene rings is 1. The Labute approximate surface area is 173 Å². The summed E-state index contributed by atoms with van der Waals surface area (Å²) in [7, 11) is 0. The zero-order chi connectivity index (χ0) is 20.4. The number of nitrogens with zero attached hydrogens (tertiary/aromatic N) is 3. The second kappa shape index (κ2) is 8.49.